The highest BCUT2D eigenvalue weighted by Gasteiger charge is 2.23. The maximum absolute atomic E-state index is 10.9. The number of carboxylic acids is 1. The van der Waals surface area contributed by atoms with E-state index in [1.54, 1.807) is 6.07 Å². The summed E-state index contributed by atoms with van der Waals surface area (Å²) in [6.45, 7) is 4.33. The Morgan fingerprint density at radius 1 is 1.67 bits per heavy atom. The first kappa shape index (κ1) is 10.2. The van der Waals surface area contributed by atoms with Gasteiger partial charge in [-0.25, -0.2) is 9.78 Å². The molecule has 0 saturated carbocycles. The normalized spacial score (nSPS) is 14.3. The van der Waals surface area contributed by atoms with E-state index in [0.29, 0.717) is 23.4 Å². The molecule has 2 heterocycles. The smallest absolute Gasteiger partial charge is 0.358 e. The molecule has 1 aliphatic rings. The van der Waals surface area contributed by atoms with Crippen LogP contribution in [-0.4, -0.2) is 22.7 Å². The van der Waals surface area contributed by atoms with Crippen molar-refractivity contribution >= 4 is 27.5 Å². The molecule has 4 nitrogen and oxygen atoms in total. The van der Waals surface area contributed by atoms with E-state index in [-0.39, 0.29) is 5.69 Å². The molecule has 0 fully saturated rings. The lowest BCUT2D eigenvalue weighted by Crippen LogP contribution is -2.13. The third-order valence-corrected chi connectivity index (χ3v) is 2.58. The molecule has 0 saturated heterocycles. The zero-order chi connectivity index (χ0) is 11.0. The van der Waals surface area contributed by atoms with Crippen LogP contribution in [0.1, 0.15) is 22.5 Å². The zero-order valence-electron chi connectivity index (χ0n) is 7.79. The standard InChI is InChI=1S/C10H8BrNO3/c1-5-2-3-15-9-6(5)4-7(11)12-8(9)10(13)14/h4H,1-3H2,(H,13,14). The van der Waals surface area contributed by atoms with Gasteiger partial charge in [0.15, 0.2) is 11.4 Å². The molecule has 0 aromatic carbocycles. The van der Waals surface area contributed by atoms with Crippen molar-refractivity contribution in [2.45, 2.75) is 6.42 Å². The Morgan fingerprint density at radius 3 is 3.07 bits per heavy atom. The van der Waals surface area contributed by atoms with Crippen molar-refractivity contribution in [1.29, 1.82) is 0 Å². The summed E-state index contributed by atoms with van der Waals surface area (Å²) in [5.74, 6) is -0.774. The maximum Gasteiger partial charge on any atom is 0.358 e. The van der Waals surface area contributed by atoms with E-state index in [4.69, 9.17) is 9.84 Å². The second-order valence-electron chi connectivity index (χ2n) is 3.18. The SMILES string of the molecule is C=C1CCOc2c1cc(Br)nc2C(=O)O. The van der Waals surface area contributed by atoms with Gasteiger partial charge < -0.3 is 9.84 Å². The average molecular weight is 270 g/mol. The lowest BCUT2D eigenvalue weighted by molar-refractivity contribution is 0.0685. The quantitative estimate of drug-likeness (QED) is 0.796. The number of ether oxygens (including phenoxy) is 1. The minimum absolute atomic E-state index is 0.0692. The number of pyridine rings is 1. The number of hydrogen-bond donors (Lipinski definition) is 1. The first-order chi connectivity index (χ1) is 7.09. The molecule has 5 heteroatoms. The van der Waals surface area contributed by atoms with E-state index in [1.807, 2.05) is 0 Å². The molecule has 1 aliphatic heterocycles. The van der Waals surface area contributed by atoms with Crippen LogP contribution in [0.25, 0.3) is 5.57 Å². The molecule has 1 aromatic rings. The van der Waals surface area contributed by atoms with Gasteiger partial charge >= 0.3 is 5.97 Å². The van der Waals surface area contributed by atoms with Gasteiger partial charge in [-0.05, 0) is 27.6 Å². The Labute approximate surface area is 94.7 Å². The summed E-state index contributed by atoms with van der Waals surface area (Å²) in [4.78, 5) is 14.8. The van der Waals surface area contributed by atoms with E-state index in [1.165, 1.54) is 0 Å². The van der Waals surface area contributed by atoms with Gasteiger partial charge in [-0.1, -0.05) is 6.58 Å². The summed E-state index contributed by atoms with van der Waals surface area (Å²) in [5.41, 5.74) is 1.53. The van der Waals surface area contributed by atoms with Gasteiger partial charge in [0, 0.05) is 12.0 Å². The summed E-state index contributed by atoms with van der Waals surface area (Å²) < 4.78 is 5.79. The summed E-state index contributed by atoms with van der Waals surface area (Å²) in [6, 6.07) is 1.73. The molecule has 0 amide bonds. The van der Waals surface area contributed by atoms with E-state index < -0.39 is 5.97 Å². The van der Waals surface area contributed by atoms with Gasteiger partial charge in [-0.2, -0.15) is 0 Å². The van der Waals surface area contributed by atoms with Gasteiger partial charge in [-0.3, -0.25) is 0 Å². The van der Waals surface area contributed by atoms with Crippen molar-refractivity contribution in [3.05, 3.63) is 28.5 Å². The lowest BCUT2D eigenvalue weighted by Gasteiger charge is -2.20. The van der Waals surface area contributed by atoms with Crippen LogP contribution >= 0.6 is 15.9 Å². The van der Waals surface area contributed by atoms with E-state index in [0.717, 1.165) is 11.1 Å². The number of rotatable bonds is 1. The van der Waals surface area contributed by atoms with Crippen molar-refractivity contribution < 1.29 is 14.6 Å². The minimum atomic E-state index is -1.10. The predicted octanol–water partition coefficient (Wildman–Crippen LogP) is 2.34. The Bertz CT molecular complexity index is 439. The third-order valence-electron chi connectivity index (χ3n) is 2.18. The molecule has 2 rings (SSSR count). The van der Waals surface area contributed by atoms with E-state index in [2.05, 4.69) is 27.5 Å². The van der Waals surface area contributed by atoms with Crippen LogP contribution in [0.4, 0.5) is 0 Å². The first-order valence-electron chi connectivity index (χ1n) is 4.34. The monoisotopic (exact) mass is 269 g/mol. The topological polar surface area (TPSA) is 59.4 Å². The molecule has 0 aliphatic carbocycles. The number of carbonyl (C=O) groups is 1. The second-order valence-corrected chi connectivity index (χ2v) is 3.99. The Hall–Kier alpha value is -1.36. The molecule has 0 atom stereocenters. The fraction of sp³-hybridized carbons (Fsp3) is 0.200. The summed E-state index contributed by atoms with van der Waals surface area (Å²) in [7, 11) is 0. The van der Waals surface area contributed by atoms with Gasteiger partial charge in [0.1, 0.15) is 4.60 Å². The molecule has 78 valence electrons. The van der Waals surface area contributed by atoms with Gasteiger partial charge in [0.05, 0.1) is 6.61 Å². The van der Waals surface area contributed by atoms with E-state index >= 15 is 0 Å². The van der Waals surface area contributed by atoms with Crippen molar-refractivity contribution in [3.63, 3.8) is 0 Å². The molecular weight excluding hydrogens is 262 g/mol. The Kier molecular flexibility index (Phi) is 2.48. The molecule has 1 aromatic heterocycles. The highest BCUT2D eigenvalue weighted by molar-refractivity contribution is 9.10. The van der Waals surface area contributed by atoms with Gasteiger partial charge in [-0.15, -0.1) is 0 Å². The van der Waals surface area contributed by atoms with Crippen molar-refractivity contribution in [1.82, 2.24) is 4.98 Å². The van der Waals surface area contributed by atoms with Crippen LogP contribution in [0, 0.1) is 0 Å². The average Bonchev–Trinajstić information content (AvgIpc) is 2.18. The number of aromatic nitrogens is 1. The second kappa shape index (κ2) is 3.66. The Balaban J connectivity index is 2.67. The number of halogens is 1. The highest BCUT2D eigenvalue weighted by Crippen LogP contribution is 2.35. The molecule has 0 radical (unpaired) electrons. The van der Waals surface area contributed by atoms with Crippen LogP contribution in [0.15, 0.2) is 17.2 Å². The molecular formula is C10H8BrNO3. The summed E-state index contributed by atoms with van der Waals surface area (Å²) in [5, 5.41) is 8.96. The third kappa shape index (κ3) is 1.74. The number of nitrogens with zero attached hydrogens (tertiary/aromatic N) is 1. The number of hydrogen-bond acceptors (Lipinski definition) is 3. The Morgan fingerprint density at radius 2 is 2.40 bits per heavy atom. The zero-order valence-corrected chi connectivity index (χ0v) is 9.37. The van der Waals surface area contributed by atoms with Crippen LogP contribution in [0.5, 0.6) is 5.75 Å². The molecule has 0 bridgehead atoms. The summed E-state index contributed by atoms with van der Waals surface area (Å²) in [6.07, 6.45) is 0.711. The molecule has 15 heavy (non-hydrogen) atoms. The van der Waals surface area contributed by atoms with Crippen LogP contribution < -0.4 is 4.74 Å². The van der Waals surface area contributed by atoms with Crippen molar-refractivity contribution in [2.24, 2.45) is 0 Å². The van der Waals surface area contributed by atoms with Crippen LogP contribution in [0.3, 0.4) is 0 Å². The van der Waals surface area contributed by atoms with Gasteiger partial charge in [0.2, 0.25) is 0 Å². The maximum atomic E-state index is 10.9. The van der Waals surface area contributed by atoms with Gasteiger partial charge in [0.25, 0.3) is 0 Å². The number of fused-ring (bicyclic) bond motifs is 1. The highest BCUT2D eigenvalue weighted by atomic mass is 79.9. The minimum Gasteiger partial charge on any atom is -0.490 e. The fourth-order valence-electron chi connectivity index (χ4n) is 1.47. The van der Waals surface area contributed by atoms with Crippen molar-refractivity contribution in [3.8, 4) is 5.75 Å². The largest absolute Gasteiger partial charge is 0.490 e. The number of carboxylic acid groups (broad SMARTS) is 1. The fourth-order valence-corrected chi connectivity index (χ4v) is 1.87. The molecule has 0 spiro atoms. The number of aromatic carboxylic acids is 1. The predicted molar refractivity (Wildman–Crippen MR) is 58.0 cm³/mol. The van der Waals surface area contributed by atoms with E-state index in [9.17, 15) is 4.79 Å². The van der Waals surface area contributed by atoms with Crippen LogP contribution in [-0.2, 0) is 0 Å². The first-order valence-corrected chi connectivity index (χ1v) is 5.13. The molecule has 0 unspecified atom stereocenters. The van der Waals surface area contributed by atoms with Crippen LogP contribution in [0.2, 0.25) is 0 Å². The lowest BCUT2D eigenvalue weighted by atomic mass is 10.0. The molecule has 1 N–H and O–H groups in total. The summed E-state index contributed by atoms with van der Waals surface area (Å²) >= 11 is 3.17. The van der Waals surface area contributed by atoms with Crippen molar-refractivity contribution in [2.75, 3.05) is 6.61 Å².